The topological polar surface area (TPSA) is 20.2 Å². The van der Waals surface area contributed by atoms with E-state index in [1.54, 1.807) is 0 Å². The van der Waals surface area contributed by atoms with Gasteiger partial charge in [-0.15, -0.1) is 0 Å². The SMILES string of the molecule is Cc1cccc(C(CO)C2CCCC2)c1. The molecule has 1 atom stereocenters. The van der Waals surface area contributed by atoms with Crippen LogP contribution in [-0.4, -0.2) is 11.7 Å². The fourth-order valence-electron chi connectivity index (χ4n) is 2.79. The molecule has 1 fully saturated rings. The predicted octanol–water partition coefficient (Wildman–Crippen LogP) is 3.26. The van der Waals surface area contributed by atoms with E-state index in [1.165, 1.54) is 36.8 Å². The fraction of sp³-hybridized carbons (Fsp3) is 0.571. The molecule has 0 spiro atoms. The van der Waals surface area contributed by atoms with Crippen LogP contribution < -0.4 is 0 Å². The van der Waals surface area contributed by atoms with Crippen molar-refractivity contribution < 1.29 is 5.11 Å². The van der Waals surface area contributed by atoms with Crippen molar-refractivity contribution in [2.45, 2.75) is 38.5 Å². The molecule has 0 bridgehead atoms. The van der Waals surface area contributed by atoms with Crippen LogP contribution in [0.25, 0.3) is 0 Å². The van der Waals surface area contributed by atoms with Gasteiger partial charge in [0.1, 0.15) is 0 Å². The maximum atomic E-state index is 9.53. The highest BCUT2D eigenvalue weighted by Gasteiger charge is 2.25. The molecule has 0 radical (unpaired) electrons. The van der Waals surface area contributed by atoms with Crippen molar-refractivity contribution in [3.05, 3.63) is 35.4 Å². The molecule has 1 unspecified atom stereocenters. The van der Waals surface area contributed by atoms with Gasteiger partial charge < -0.3 is 5.11 Å². The highest BCUT2D eigenvalue weighted by atomic mass is 16.3. The minimum absolute atomic E-state index is 0.300. The Hall–Kier alpha value is -0.820. The Morgan fingerprint density at radius 3 is 2.67 bits per heavy atom. The highest BCUT2D eigenvalue weighted by molar-refractivity contribution is 5.26. The zero-order valence-electron chi connectivity index (χ0n) is 9.45. The van der Waals surface area contributed by atoms with Crippen LogP contribution in [0.15, 0.2) is 24.3 Å². The second-order valence-corrected chi connectivity index (χ2v) is 4.75. The Morgan fingerprint density at radius 1 is 1.33 bits per heavy atom. The molecular weight excluding hydrogens is 184 g/mol. The molecule has 2 rings (SSSR count). The van der Waals surface area contributed by atoms with Crippen LogP contribution in [0.5, 0.6) is 0 Å². The third-order valence-corrected chi connectivity index (χ3v) is 3.64. The fourth-order valence-corrected chi connectivity index (χ4v) is 2.79. The molecule has 1 nitrogen and oxygen atoms in total. The summed E-state index contributed by atoms with van der Waals surface area (Å²) in [4.78, 5) is 0. The summed E-state index contributed by atoms with van der Waals surface area (Å²) in [5.74, 6) is 1.07. The van der Waals surface area contributed by atoms with Gasteiger partial charge >= 0.3 is 0 Å². The van der Waals surface area contributed by atoms with E-state index in [2.05, 4.69) is 31.2 Å². The monoisotopic (exact) mass is 204 g/mol. The summed E-state index contributed by atoms with van der Waals surface area (Å²) in [6.45, 7) is 2.42. The quantitative estimate of drug-likeness (QED) is 0.801. The van der Waals surface area contributed by atoms with E-state index in [4.69, 9.17) is 0 Å². The summed E-state index contributed by atoms with van der Waals surface area (Å²) in [6, 6.07) is 8.60. The Balaban J connectivity index is 2.18. The lowest BCUT2D eigenvalue weighted by atomic mass is 9.85. The van der Waals surface area contributed by atoms with Gasteiger partial charge in [-0.25, -0.2) is 0 Å². The maximum absolute atomic E-state index is 9.53. The van der Waals surface area contributed by atoms with E-state index in [1.807, 2.05) is 0 Å². The van der Waals surface area contributed by atoms with Crippen LogP contribution in [0.4, 0.5) is 0 Å². The number of aryl methyl sites for hydroxylation is 1. The average molecular weight is 204 g/mol. The van der Waals surface area contributed by atoms with Crippen molar-refractivity contribution in [1.82, 2.24) is 0 Å². The summed E-state index contributed by atoms with van der Waals surface area (Å²) in [6.07, 6.45) is 5.26. The van der Waals surface area contributed by atoms with Gasteiger partial charge in [0.2, 0.25) is 0 Å². The maximum Gasteiger partial charge on any atom is 0.0502 e. The second-order valence-electron chi connectivity index (χ2n) is 4.75. The van der Waals surface area contributed by atoms with Crippen molar-refractivity contribution in [1.29, 1.82) is 0 Å². The zero-order valence-corrected chi connectivity index (χ0v) is 9.45. The molecule has 0 saturated heterocycles. The molecule has 82 valence electrons. The molecule has 1 heteroatoms. The smallest absolute Gasteiger partial charge is 0.0502 e. The van der Waals surface area contributed by atoms with E-state index < -0.39 is 0 Å². The van der Waals surface area contributed by atoms with Gasteiger partial charge in [-0.3, -0.25) is 0 Å². The van der Waals surface area contributed by atoms with Crippen LogP contribution in [0.2, 0.25) is 0 Å². The van der Waals surface area contributed by atoms with Gasteiger partial charge in [-0.2, -0.15) is 0 Å². The summed E-state index contributed by atoms with van der Waals surface area (Å²) in [5, 5.41) is 9.53. The lowest BCUT2D eigenvalue weighted by Gasteiger charge is -2.21. The number of hydrogen-bond acceptors (Lipinski definition) is 1. The number of aliphatic hydroxyl groups excluding tert-OH is 1. The van der Waals surface area contributed by atoms with Gasteiger partial charge in [-0.05, 0) is 31.2 Å². The van der Waals surface area contributed by atoms with E-state index in [9.17, 15) is 5.11 Å². The van der Waals surface area contributed by atoms with E-state index >= 15 is 0 Å². The van der Waals surface area contributed by atoms with Gasteiger partial charge in [0.25, 0.3) is 0 Å². The van der Waals surface area contributed by atoms with E-state index in [-0.39, 0.29) is 0 Å². The number of rotatable bonds is 3. The van der Waals surface area contributed by atoms with Crippen LogP contribution >= 0.6 is 0 Å². The lowest BCUT2D eigenvalue weighted by Crippen LogP contribution is -2.14. The third-order valence-electron chi connectivity index (χ3n) is 3.64. The van der Waals surface area contributed by atoms with Crippen molar-refractivity contribution >= 4 is 0 Å². The molecule has 1 aromatic rings. The Morgan fingerprint density at radius 2 is 2.07 bits per heavy atom. The largest absolute Gasteiger partial charge is 0.396 e. The summed E-state index contributed by atoms with van der Waals surface area (Å²) < 4.78 is 0. The molecule has 0 aliphatic heterocycles. The van der Waals surface area contributed by atoms with Gasteiger partial charge in [0.15, 0.2) is 0 Å². The highest BCUT2D eigenvalue weighted by Crippen LogP contribution is 2.37. The Labute approximate surface area is 92.1 Å². The summed E-state index contributed by atoms with van der Waals surface area (Å²) in [7, 11) is 0. The van der Waals surface area contributed by atoms with E-state index in [0.717, 1.165) is 0 Å². The normalized spacial score (nSPS) is 19.3. The number of aliphatic hydroxyl groups is 1. The molecule has 1 aromatic carbocycles. The molecule has 0 heterocycles. The molecule has 15 heavy (non-hydrogen) atoms. The third kappa shape index (κ3) is 2.40. The van der Waals surface area contributed by atoms with Gasteiger partial charge in [-0.1, -0.05) is 42.7 Å². The molecule has 1 saturated carbocycles. The minimum atomic E-state index is 0.300. The average Bonchev–Trinajstić information content (AvgIpc) is 2.72. The standard InChI is InChI=1S/C14H20O/c1-11-5-4-8-13(9-11)14(10-15)12-6-2-3-7-12/h4-5,8-9,12,14-15H,2-3,6-7,10H2,1H3. The summed E-state index contributed by atoms with van der Waals surface area (Å²) >= 11 is 0. The Bertz CT molecular complexity index is 313. The molecule has 0 amide bonds. The predicted molar refractivity (Wildman–Crippen MR) is 63.0 cm³/mol. The minimum Gasteiger partial charge on any atom is -0.396 e. The molecule has 0 aromatic heterocycles. The van der Waals surface area contributed by atoms with Crippen molar-refractivity contribution in [3.8, 4) is 0 Å². The number of benzene rings is 1. The molecule has 1 aliphatic carbocycles. The molecule has 1 aliphatic rings. The Kier molecular flexibility index (Phi) is 3.42. The van der Waals surface area contributed by atoms with Crippen LogP contribution in [0.1, 0.15) is 42.7 Å². The van der Waals surface area contributed by atoms with Crippen LogP contribution in [0, 0.1) is 12.8 Å². The molecule has 1 N–H and O–H groups in total. The van der Waals surface area contributed by atoms with Gasteiger partial charge in [0.05, 0.1) is 6.61 Å². The van der Waals surface area contributed by atoms with E-state index in [0.29, 0.717) is 18.4 Å². The zero-order chi connectivity index (χ0) is 10.7. The van der Waals surface area contributed by atoms with Gasteiger partial charge in [0, 0.05) is 5.92 Å². The van der Waals surface area contributed by atoms with Crippen molar-refractivity contribution in [2.24, 2.45) is 5.92 Å². The lowest BCUT2D eigenvalue weighted by molar-refractivity contribution is 0.226. The first-order valence-electron chi connectivity index (χ1n) is 5.98. The molecular formula is C14H20O. The second kappa shape index (κ2) is 4.80. The van der Waals surface area contributed by atoms with Crippen LogP contribution in [0.3, 0.4) is 0 Å². The number of hydrogen-bond donors (Lipinski definition) is 1. The van der Waals surface area contributed by atoms with Crippen molar-refractivity contribution in [3.63, 3.8) is 0 Å². The first-order valence-corrected chi connectivity index (χ1v) is 5.98. The van der Waals surface area contributed by atoms with Crippen molar-refractivity contribution in [2.75, 3.05) is 6.61 Å². The first kappa shape index (κ1) is 10.7. The summed E-state index contributed by atoms with van der Waals surface area (Å²) in [5.41, 5.74) is 2.62. The first-order chi connectivity index (χ1) is 7.31. The van der Waals surface area contributed by atoms with Crippen LogP contribution in [-0.2, 0) is 0 Å².